The van der Waals surface area contributed by atoms with Crippen molar-refractivity contribution in [1.82, 2.24) is 14.0 Å². The first-order valence-electron chi connectivity index (χ1n) is 6.14. The zero-order valence-corrected chi connectivity index (χ0v) is 11.1. The minimum atomic E-state index is -0.829. The number of carbonyl (C=O) groups is 1. The number of fused-ring (bicyclic) bond motifs is 3. The third-order valence-corrected chi connectivity index (χ3v) is 3.60. The van der Waals surface area contributed by atoms with Crippen molar-refractivity contribution >= 4 is 22.8 Å². The maximum absolute atomic E-state index is 11.1. The maximum atomic E-state index is 11.1. The average Bonchev–Trinajstić information content (AvgIpc) is 2.81. The first-order chi connectivity index (χ1) is 8.99. The van der Waals surface area contributed by atoms with E-state index in [1.807, 2.05) is 48.1 Å². The molecule has 0 fully saturated rings. The minimum absolute atomic E-state index is 0.00255. The lowest BCUT2D eigenvalue weighted by Crippen LogP contribution is -2.05. The molecule has 0 aliphatic carbocycles. The summed E-state index contributed by atoms with van der Waals surface area (Å²) in [5.41, 5.74) is 4.72. The summed E-state index contributed by atoms with van der Waals surface area (Å²) >= 11 is 0. The van der Waals surface area contributed by atoms with Gasteiger partial charge in [0.15, 0.2) is 0 Å². The zero-order valence-electron chi connectivity index (χ0n) is 11.1. The number of hydrogen-bond donors (Lipinski definition) is 1. The van der Waals surface area contributed by atoms with Crippen LogP contribution in [-0.4, -0.2) is 25.0 Å². The van der Waals surface area contributed by atoms with Gasteiger partial charge < -0.3 is 9.67 Å². The fourth-order valence-corrected chi connectivity index (χ4v) is 2.52. The third kappa shape index (κ3) is 1.62. The van der Waals surface area contributed by atoms with E-state index >= 15 is 0 Å². The number of carboxylic acids is 1. The number of hydrogen-bond acceptors (Lipinski definition) is 2. The fourth-order valence-electron chi connectivity index (χ4n) is 2.52. The molecule has 1 N–H and O–H groups in total. The van der Waals surface area contributed by atoms with E-state index < -0.39 is 5.97 Å². The van der Waals surface area contributed by atoms with Crippen molar-refractivity contribution in [2.24, 2.45) is 7.05 Å². The van der Waals surface area contributed by atoms with E-state index in [1.165, 1.54) is 0 Å². The third-order valence-electron chi connectivity index (χ3n) is 3.60. The fraction of sp³-hybridized carbons (Fsp3) is 0.286. The van der Waals surface area contributed by atoms with Crippen LogP contribution in [0.1, 0.15) is 17.0 Å². The van der Waals surface area contributed by atoms with Crippen LogP contribution in [0.3, 0.4) is 0 Å². The van der Waals surface area contributed by atoms with E-state index in [-0.39, 0.29) is 6.42 Å². The van der Waals surface area contributed by atoms with E-state index in [0.717, 1.165) is 33.8 Å². The van der Waals surface area contributed by atoms with Gasteiger partial charge >= 0.3 is 5.97 Å². The van der Waals surface area contributed by atoms with Crippen LogP contribution in [0.25, 0.3) is 16.8 Å². The van der Waals surface area contributed by atoms with Gasteiger partial charge in [0, 0.05) is 12.7 Å². The van der Waals surface area contributed by atoms with Crippen molar-refractivity contribution in [3.8, 4) is 0 Å². The Morgan fingerprint density at radius 2 is 2.11 bits per heavy atom. The van der Waals surface area contributed by atoms with Gasteiger partial charge in [-0.25, -0.2) is 4.98 Å². The highest BCUT2D eigenvalue weighted by molar-refractivity contribution is 5.82. The molecule has 5 nitrogen and oxygen atoms in total. The van der Waals surface area contributed by atoms with Crippen molar-refractivity contribution in [2.45, 2.75) is 20.3 Å². The van der Waals surface area contributed by atoms with Gasteiger partial charge in [-0.3, -0.25) is 9.20 Å². The molecule has 5 heteroatoms. The molecule has 0 amide bonds. The summed E-state index contributed by atoms with van der Waals surface area (Å²) in [7, 11) is 1.91. The Labute approximate surface area is 110 Å². The van der Waals surface area contributed by atoms with Crippen molar-refractivity contribution in [3.05, 3.63) is 35.2 Å². The summed E-state index contributed by atoms with van der Waals surface area (Å²) in [5, 5.41) is 9.08. The summed E-state index contributed by atoms with van der Waals surface area (Å²) in [5.74, 6) is -0.0422. The van der Waals surface area contributed by atoms with Crippen molar-refractivity contribution in [3.63, 3.8) is 0 Å². The molecule has 3 rings (SSSR count). The molecule has 98 valence electrons. The molecule has 0 bridgehead atoms. The van der Waals surface area contributed by atoms with Gasteiger partial charge in [0.1, 0.15) is 0 Å². The van der Waals surface area contributed by atoms with Crippen molar-refractivity contribution < 1.29 is 9.90 Å². The molecule has 0 aliphatic heterocycles. The largest absolute Gasteiger partial charge is 0.481 e. The number of aromatic nitrogens is 3. The molecule has 19 heavy (non-hydrogen) atoms. The Morgan fingerprint density at radius 3 is 2.79 bits per heavy atom. The van der Waals surface area contributed by atoms with E-state index in [0.29, 0.717) is 0 Å². The number of imidazole rings is 2. The molecular formula is C14H15N3O2. The van der Waals surface area contributed by atoms with E-state index in [4.69, 9.17) is 5.11 Å². The van der Waals surface area contributed by atoms with Crippen LogP contribution >= 0.6 is 0 Å². The molecule has 0 radical (unpaired) electrons. The van der Waals surface area contributed by atoms with Crippen LogP contribution in [-0.2, 0) is 18.3 Å². The highest BCUT2D eigenvalue weighted by Gasteiger charge is 2.18. The molecule has 0 saturated heterocycles. The van der Waals surface area contributed by atoms with Crippen LogP contribution in [0, 0.1) is 13.8 Å². The Kier molecular flexibility index (Phi) is 2.38. The van der Waals surface area contributed by atoms with Crippen LogP contribution in [0.4, 0.5) is 0 Å². The maximum Gasteiger partial charge on any atom is 0.309 e. The molecular weight excluding hydrogens is 242 g/mol. The van der Waals surface area contributed by atoms with Crippen molar-refractivity contribution in [2.75, 3.05) is 0 Å². The van der Waals surface area contributed by atoms with Gasteiger partial charge in [0.25, 0.3) is 0 Å². The summed E-state index contributed by atoms with van der Waals surface area (Å²) in [4.78, 5) is 15.6. The monoisotopic (exact) mass is 257 g/mol. The Morgan fingerprint density at radius 1 is 1.37 bits per heavy atom. The molecule has 0 atom stereocenters. The Bertz CT molecular complexity index is 811. The summed E-state index contributed by atoms with van der Waals surface area (Å²) in [6.07, 6.45) is 0.00255. The number of benzene rings is 1. The normalized spacial score (nSPS) is 11.5. The zero-order chi connectivity index (χ0) is 13.7. The van der Waals surface area contributed by atoms with Gasteiger partial charge in [0.2, 0.25) is 5.78 Å². The quantitative estimate of drug-likeness (QED) is 0.764. The smallest absolute Gasteiger partial charge is 0.309 e. The summed E-state index contributed by atoms with van der Waals surface area (Å²) in [6, 6.07) is 6.02. The highest BCUT2D eigenvalue weighted by Crippen LogP contribution is 2.24. The molecule has 0 saturated carbocycles. The molecule has 2 heterocycles. The number of aryl methyl sites for hydroxylation is 2. The second kappa shape index (κ2) is 3.85. The number of rotatable bonds is 2. The Balaban J connectivity index is 2.45. The molecule has 3 aromatic rings. The van der Waals surface area contributed by atoms with Crippen LogP contribution in [0.5, 0.6) is 0 Å². The predicted molar refractivity (Wildman–Crippen MR) is 72.5 cm³/mol. The van der Waals surface area contributed by atoms with E-state index in [1.54, 1.807) is 0 Å². The van der Waals surface area contributed by atoms with Crippen LogP contribution in [0.15, 0.2) is 18.2 Å². The van der Waals surface area contributed by atoms with Gasteiger partial charge in [-0.05, 0) is 31.5 Å². The lowest BCUT2D eigenvalue weighted by atomic mass is 10.2. The molecule has 1 aromatic carbocycles. The SMILES string of the molecule is Cc1ccc2nc3n(C)c(C)c(CC(=O)O)n3c2c1. The highest BCUT2D eigenvalue weighted by atomic mass is 16.4. The van der Waals surface area contributed by atoms with Gasteiger partial charge in [0.05, 0.1) is 23.1 Å². The minimum Gasteiger partial charge on any atom is -0.481 e. The van der Waals surface area contributed by atoms with Gasteiger partial charge in [-0.1, -0.05) is 6.07 Å². The number of carboxylic acid groups (broad SMARTS) is 1. The lowest BCUT2D eigenvalue weighted by Gasteiger charge is -2.01. The Hall–Kier alpha value is -2.30. The molecule has 0 unspecified atom stereocenters. The van der Waals surface area contributed by atoms with E-state index in [9.17, 15) is 4.79 Å². The van der Waals surface area contributed by atoms with E-state index in [2.05, 4.69) is 4.98 Å². The van der Waals surface area contributed by atoms with Crippen LogP contribution in [0.2, 0.25) is 0 Å². The molecule has 0 aliphatic rings. The average molecular weight is 257 g/mol. The predicted octanol–water partition coefficient (Wildman–Crippen LogP) is 2.07. The van der Waals surface area contributed by atoms with Crippen LogP contribution < -0.4 is 0 Å². The number of aliphatic carboxylic acids is 1. The van der Waals surface area contributed by atoms with Gasteiger partial charge in [-0.15, -0.1) is 0 Å². The summed E-state index contributed by atoms with van der Waals surface area (Å²) in [6.45, 7) is 3.94. The topological polar surface area (TPSA) is 59.5 Å². The summed E-state index contributed by atoms with van der Waals surface area (Å²) < 4.78 is 3.89. The first kappa shape index (κ1) is 11.8. The number of nitrogens with zero attached hydrogens (tertiary/aromatic N) is 3. The second-order valence-electron chi connectivity index (χ2n) is 4.90. The first-order valence-corrected chi connectivity index (χ1v) is 6.14. The van der Waals surface area contributed by atoms with Gasteiger partial charge in [-0.2, -0.15) is 0 Å². The molecule has 0 spiro atoms. The van der Waals surface area contributed by atoms with Crippen molar-refractivity contribution in [1.29, 1.82) is 0 Å². The lowest BCUT2D eigenvalue weighted by molar-refractivity contribution is -0.136. The standard InChI is InChI=1S/C14H15N3O2/c1-8-4-5-10-12(6-8)17-11(7-13(18)19)9(2)16(3)14(17)15-10/h4-6H,7H2,1-3H3,(H,18,19). The molecule has 2 aromatic heterocycles. The second-order valence-corrected chi connectivity index (χ2v) is 4.90.